The maximum Gasteiger partial charge on any atom is 0.0295 e. The lowest BCUT2D eigenvalue weighted by atomic mass is 10.1. The summed E-state index contributed by atoms with van der Waals surface area (Å²) in [5, 5.41) is 3.75. The Labute approximate surface area is 98.5 Å². The molecule has 0 aromatic carbocycles. The van der Waals surface area contributed by atoms with Crippen LogP contribution < -0.4 is 5.32 Å². The van der Waals surface area contributed by atoms with Gasteiger partial charge in [0.1, 0.15) is 0 Å². The normalized spacial score (nSPS) is 20.3. The van der Waals surface area contributed by atoms with Crippen LogP contribution in [0.5, 0.6) is 0 Å². The fourth-order valence-electron chi connectivity index (χ4n) is 2.55. The van der Waals surface area contributed by atoms with Gasteiger partial charge in [-0.05, 0) is 37.5 Å². The van der Waals surface area contributed by atoms with Crippen LogP contribution in [-0.2, 0) is 0 Å². The zero-order valence-electron chi connectivity index (χ0n) is 10.2. The summed E-state index contributed by atoms with van der Waals surface area (Å²) in [5.41, 5.74) is 1.35. The molecule has 0 amide bonds. The van der Waals surface area contributed by atoms with Crippen LogP contribution in [0, 0.1) is 0 Å². The Morgan fingerprint density at radius 2 is 1.75 bits per heavy atom. The highest BCUT2D eigenvalue weighted by molar-refractivity contribution is 5.14. The van der Waals surface area contributed by atoms with Gasteiger partial charge in [0.15, 0.2) is 0 Å². The van der Waals surface area contributed by atoms with Crippen molar-refractivity contribution in [3.63, 3.8) is 0 Å². The first-order valence-corrected chi connectivity index (χ1v) is 6.52. The Morgan fingerprint density at radius 1 is 1.12 bits per heavy atom. The first-order valence-electron chi connectivity index (χ1n) is 6.52. The minimum absolute atomic E-state index is 0.450. The van der Waals surface area contributed by atoms with E-state index in [1.165, 1.54) is 44.1 Å². The van der Waals surface area contributed by atoms with Crippen LogP contribution in [0.15, 0.2) is 24.5 Å². The summed E-state index contributed by atoms with van der Waals surface area (Å²) < 4.78 is 0. The van der Waals surface area contributed by atoms with Gasteiger partial charge in [-0.15, -0.1) is 0 Å². The van der Waals surface area contributed by atoms with Gasteiger partial charge in [-0.25, -0.2) is 0 Å². The molecule has 2 rings (SSSR count). The maximum atomic E-state index is 4.06. The second-order valence-corrected chi connectivity index (χ2v) is 4.86. The zero-order valence-corrected chi connectivity index (χ0v) is 10.2. The van der Waals surface area contributed by atoms with Gasteiger partial charge in [0.05, 0.1) is 0 Å². The maximum absolute atomic E-state index is 4.06. The highest BCUT2D eigenvalue weighted by Crippen LogP contribution is 2.20. The highest BCUT2D eigenvalue weighted by atomic mass is 14.9. The molecule has 1 aromatic heterocycles. The van der Waals surface area contributed by atoms with Crippen LogP contribution in [0.25, 0.3) is 0 Å². The fourth-order valence-corrected chi connectivity index (χ4v) is 2.55. The molecule has 2 heteroatoms. The third kappa shape index (κ3) is 3.31. The van der Waals surface area contributed by atoms with E-state index in [0.717, 1.165) is 0 Å². The predicted molar refractivity (Wildman–Crippen MR) is 67.3 cm³/mol. The number of hydrogen-bond donors (Lipinski definition) is 1. The van der Waals surface area contributed by atoms with Crippen LogP contribution in [0.2, 0.25) is 0 Å². The number of rotatable bonds is 3. The molecule has 0 spiro atoms. The largest absolute Gasteiger partial charge is 0.307 e. The Bertz CT molecular complexity index is 289. The van der Waals surface area contributed by atoms with E-state index in [1.54, 1.807) is 0 Å². The Kier molecular flexibility index (Phi) is 4.34. The smallest absolute Gasteiger partial charge is 0.0295 e. The summed E-state index contributed by atoms with van der Waals surface area (Å²) in [6.07, 6.45) is 12.1. The number of pyridine rings is 1. The Balaban J connectivity index is 1.88. The molecule has 0 aliphatic heterocycles. The molecule has 1 heterocycles. The monoisotopic (exact) mass is 218 g/mol. The van der Waals surface area contributed by atoms with Gasteiger partial charge in [-0.1, -0.05) is 25.7 Å². The summed E-state index contributed by atoms with van der Waals surface area (Å²) in [7, 11) is 0. The number of nitrogens with zero attached hydrogens (tertiary/aromatic N) is 1. The quantitative estimate of drug-likeness (QED) is 0.786. The summed E-state index contributed by atoms with van der Waals surface area (Å²) in [5.74, 6) is 0. The lowest BCUT2D eigenvalue weighted by Gasteiger charge is -2.22. The molecule has 16 heavy (non-hydrogen) atoms. The van der Waals surface area contributed by atoms with Crippen LogP contribution in [0.1, 0.15) is 57.1 Å². The third-order valence-corrected chi connectivity index (χ3v) is 3.55. The van der Waals surface area contributed by atoms with Crippen molar-refractivity contribution in [3.05, 3.63) is 30.1 Å². The van der Waals surface area contributed by atoms with Crippen molar-refractivity contribution < 1.29 is 0 Å². The second kappa shape index (κ2) is 6.00. The molecule has 1 aliphatic carbocycles. The molecule has 88 valence electrons. The lowest BCUT2D eigenvalue weighted by Crippen LogP contribution is -2.31. The second-order valence-electron chi connectivity index (χ2n) is 4.86. The predicted octanol–water partition coefficient (Wildman–Crippen LogP) is 3.46. The zero-order chi connectivity index (χ0) is 11.2. The van der Waals surface area contributed by atoms with E-state index in [0.29, 0.717) is 12.1 Å². The van der Waals surface area contributed by atoms with Crippen molar-refractivity contribution >= 4 is 0 Å². The first kappa shape index (κ1) is 11.6. The molecule has 2 nitrogen and oxygen atoms in total. The average Bonchev–Trinajstić information content (AvgIpc) is 2.59. The van der Waals surface area contributed by atoms with Crippen LogP contribution in [-0.4, -0.2) is 11.0 Å². The van der Waals surface area contributed by atoms with Crippen molar-refractivity contribution in [1.29, 1.82) is 0 Å². The summed E-state index contributed by atoms with van der Waals surface area (Å²) in [4.78, 5) is 4.06. The summed E-state index contributed by atoms with van der Waals surface area (Å²) >= 11 is 0. The van der Waals surface area contributed by atoms with Crippen molar-refractivity contribution in [1.82, 2.24) is 10.3 Å². The van der Waals surface area contributed by atoms with Gasteiger partial charge >= 0.3 is 0 Å². The molecular weight excluding hydrogens is 196 g/mol. The molecule has 0 saturated heterocycles. The first-order chi connectivity index (χ1) is 7.86. The van der Waals surface area contributed by atoms with E-state index >= 15 is 0 Å². The number of aromatic nitrogens is 1. The standard InChI is InChI=1S/C14H22N2/c1-12(13-8-10-15-11-9-13)16-14-6-4-2-3-5-7-14/h8-12,14,16H,2-7H2,1H3/t12-/m1/s1. The Hall–Kier alpha value is -0.890. The third-order valence-electron chi connectivity index (χ3n) is 3.55. The molecule has 1 atom stereocenters. The molecule has 1 fully saturated rings. The van der Waals surface area contributed by atoms with E-state index in [2.05, 4.69) is 29.4 Å². The van der Waals surface area contributed by atoms with E-state index in [9.17, 15) is 0 Å². The summed E-state index contributed by atoms with van der Waals surface area (Å²) in [6.45, 7) is 2.25. The Morgan fingerprint density at radius 3 is 2.38 bits per heavy atom. The number of hydrogen-bond acceptors (Lipinski definition) is 2. The molecule has 1 aliphatic rings. The number of nitrogens with one attached hydrogen (secondary N) is 1. The molecule has 1 saturated carbocycles. The van der Waals surface area contributed by atoms with E-state index < -0.39 is 0 Å². The van der Waals surface area contributed by atoms with E-state index in [4.69, 9.17) is 0 Å². The van der Waals surface area contributed by atoms with Crippen LogP contribution in [0.3, 0.4) is 0 Å². The van der Waals surface area contributed by atoms with Crippen molar-refractivity contribution in [3.8, 4) is 0 Å². The van der Waals surface area contributed by atoms with Crippen molar-refractivity contribution in [2.45, 2.75) is 57.5 Å². The van der Waals surface area contributed by atoms with Gasteiger partial charge in [-0.2, -0.15) is 0 Å². The van der Waals surface area contributed by atoms with Crippen LogP contribution >= 0.6 is 0 Å². The minimum atomic E-state index is 0.450. The molecule has 0 radical (unpaired) electrons. The lowest BCUT2D eigenvalue weighted by molar-refractivity contribution is 0.414. The molecule has 0 bridgehead atoms. The molecule has 1 aromatic rings. The van der Waals surface area contributed by atoms with Gasteiger partial charge in [-0.3, -0.25) is 4.98 Å². The SMILES string of the molecule is C[C@@H](NC1CCCCCC1)c1ccncc1. The van der Waals surface area contributed by atoms with Gasteiger partial charge < -0.3 is 5.32 Å². The average molecular weight is 218 g/mol. The van der Waals surface area contributed by atoms with Gasteiger partial charge in [0.2, 0.25) is 0 Å². The van der Waals surface area contributed by atoms with Crippen molar-refractivity contribution in [2.75, 3.05) is 0 Å². The van der Waals surface area contributed by atoms with Crippen molar-refractivity contribution in [2.24, 2.45) is 0 Å². The molecule has 0 unspecified atom stereocenters. The van der Waals surface area contributed by atoms with E-state index in [1.807, 2.05) is 12.4 Å². The minimum Gasteiger partial charge on any atom is -0.307 e. The molecular formula is C14H22N2. The summed E-state index contributed by atoms with van der Waals surface area (Å²) in [6, 6.07) is 5.37. The fraction of sp³-hybridized carbons (Fsp3) is 0.643. The van der Waals surface area contributed by atoms with Gasteiger partial charge in [0.25, 0.3) is 0 Å². The topological polar surface area (TPSA) is 24.9 Å². The van der Waals surface area contributed by atoms with E-state index in [-0.39, 0.29) is 0 Å². The van der Waals surface area contributed by atoms with Crippen LogP contribution in [0.4, 0.5) is 0 Å². The highest BCUT2D eigenvalue weighted by Gasteiger charge is 2.14. The van der Waals surface area contributed by atoms with Gasteiger partial charge in [0, 0.05) is 24.5 Å². The molecule has 1 N–H and O–H groups in total.